The molecule has 0 saturated carbocycles. The number of carbonyl (C=O) groups is 2. The van der Waals surface area contributed by atoms with E-state index >= 15 is 0 Å². The van der Waals surface area contributed by atoms with Crippen molar-refractivity contribution >= 4 is 38.2 Å². The Kier molecular flexibility index (Phi) is 15.4. The van der Waals surface area contributed by atoms with Crippen LogP contribution in [0.25, 0.3) is 10.6 Å². The first-order valence-electron chi connectivity index (χ1n) is 15.7. The van der Waals surface area contributed by atoms with Crippen LogP contribution in [0.5, 0.6) is 0 Å². The van der Waals surface area contributed by atoms with Gasteiger partial charge in [-0.15, -0.1) is 0 Å². The van der Waals surface area contributed by atoms with E-state index in [1.54, 1.807) is 13.8 Å². The molecular weight excluding hydrogens is 620 g/mol. The Labute approximate surface area is 271 Å². The zero-order valence-electron chi connectivity index (χ0n) is 26.3. The number of rotatable bonds is 18. The molecule has 3 heterocycles. The number of fused-ring (bicyclic) bond motifs is 1. The van der Waals surface area contributed by atoms with Gasteiger partial charge in [0.15, 0.2) is 0 Å². The molecule has 252 valence electrons. The fourth-order valence-electron chi connectivity index (χ4n) is 5.12. The minimum Gasteiger partial charge on any atom is -0.463 e. The molecule has 0 aromatic rings. The van der Waals surface area contributed by atoms with Gasteiger partial charge in [0.2, 0.25) is 5.91 Å². The summed E-state index contributed by atoms with van der Waals surface area (Å²) in [5.74, 6) is -1.13. The van der Waals surface area contributed by atoms with Crippen molar-refractivity contribution in [2.24, 2.45) is 11.8 Å². The van der Waals surface area contributed by atoms with Gasteiger partial charge in [0.05, 0.1) is 36.0 Å². The molecule has 0 bridgehead atoms. The first-order chi connectivity index (χ1) is 21.5. The lowest BCUT2D eigenvalue weighted by atomic mass is 9.86. The van der Waals surface area contributed by atoms with Crippen LogP contribution in [-0.2, 0) is 19.1 Å². The normalized spacial score (nSPS) is 22.9. The quantitative estimate of drug-likeness (QED) is 0.0446. The number of hydrogen-bond donors (Lipinski definition) is 6. The SMILES string of the molecule is C/C(=C\C(=O)OCCCCCCCCCC(=O)Nc1c2sscc-2[nH]c1=O)[C@@H](O)[C@@H]1OC[C@H](C/C=C/[C@@H](C)[C@H](C)O)[C@@H](O)[C@H]1O. The molecule has 0 spiro atoms. The summed E-state index contributed by atoms with van der Waals surface area (Å²) in [4.78, 5) is 40.0. The van der Waals surface area contributed by atoms with Crippen LogP contribution in [0.1, 0.15) is 78.6 Å². The molecule has 0 aromatic carbocycles. The molecule has 3 aliphatic heterocycles. The Balaban J connectivity index is 1.23. The predicted octanol–water partition coefficient (Wildman–Crippen LogP) is 4.21. The molecule has 0 radical (unpaired) electrons. The third-order valence-corrected chi connectivity index (χ3v) is 10.3. The van der Waals surface area contributed by atoms with Gasteiger partial charge in [-0.05, 0) is 44.6 Å². The van der Waals surface area contributed by atoms with E-state index in [0.717, 1.165) is 49.1 Å². The van der Waals surface area contributed by atoms with Gasteiger partial charge in [0.25, 0.3) is 5.56 Å². The maximum absolute atomic E-state index is 12.3. The van der Waals surface area contributed by atoms with Gasteiger partial charge in [-0.2, -0.15) is 0 Å². The highest BCUT2D eigenvalue weighted by molar-refractivity contribution is 7.70. The zero-order chi connectivity index (χ0) is 32.9. The van der Waals surface area contributed by atoms with E-state index in [1.165, 1.54) is 26.8 Å². The van der Waals surface area contributed by atoms with Gasteiger partial charge in [-0.3, -0.25) is 9.59 Å². The Morgan fingerprint density at radius 1 is 1.11 bits per heavy atom. The molecule has 1 saturated heterocycles. The molecular formula is C32H48N2O9S2. The third kappa shape index (κ3) is 11.4. The van der Waals surface area contributed by atoms with Gasteiger partial charge in [0, 0.05) is 23.8 Å². The van der Waals surface area contributed by atoms with Gasteiger partial charge < -0.3 is 40.2 Å². The van der Waals surface area contributed by atoms with E-state index in [2.05, 4.69) is 10.3 Å². The molecule has 0 aliphatic carbocycles. The lowest BCUT2D eigenvalue weighted by Crippen LogP contribution is -2.54. The zero-order valence-corrected chi connectivity index (χ0v) is 27.9. The topological polar surface area (TPSA) is 178 Å². The van der Waals surface area contributed by atoms with Crippen LogP contribution in [-0.4, -0.2) is 81.0 Å². The minimum atomic E-state index is -1.33. The van der Waals surface area contributed by atoms with Crippen LogP contribution in [0.4, 0.5) is 5.69 Å². The average molecular weight is 669 g/mol. The fraction of sp³-hybridized carbons (Fsp3) is 0.656. The summed E-state index contributed by atoms with van der Waals surface area (Å²) < 4.78 is 11.0. The average Bonchev–Trinajstić information content (AvgIpc) is 3.57. The van der Waals surface area contributed by atoms with E-state index in [4.69, 9.17) is 9.47 Å². The van der Waals surface area contributed by atoms with Gasteiger partial charge >= 0.3 is 5.97 Å². The maximum atomic E-state index is 12.3. The Morgan fingerprint density at radius 3 is 2.51 bits per heavy atom. The van der Waals surface area contributed by atoms with E-state index in [0.29, 0.717) is 24.9 Å². The highest BCUT2D eigenvalue weighted by Gasteiger charge is 2.41. The largest absolute Gasteiger partial charge is 0.463 e. The molecule has 3 aliphatic rings. The first-order valence-corrected chi connectivity index (χ1v) is 18.0. The summed E-state index contributed by atoms with van der Waals surface area (Å²) in [5, 5.41) is 46.0. The number of aromatic nitrogens is 1. The summed E-state index contributed by atoms with van der Waals surface area (Å²) in [6, 6.07) is 0. The lowest BCUT2D eigenvalue weighted by molar-refractivity contribution is -0.187. The Bertz CT molecular complexity index is 1280. The van der Waals surface area contributed by atoms with E-state index in [1.807, 2.05) is 24.5 Å². The Hall–Kier alpha value is -2.39. The Morgan fingerprint density at radius 2 is 1.80 bits per heavy atom. The van der Waals surface area contributed by atoms with Gasteiger partial charge in [-0.1, -0.05) is 71.9 Å². The molecule has 3 rings (SSSR count). The summed E-state index contributed by atoms with van der Waals surface area (Å²) in [6.45, 7) is 5.52. The van der Waals surface area contributed by atoms with Crippen LogP contribution >= 0.6 is 20.7 Å². The maximum Gasteiger partial charge on any atom is 0.330 e. The molecule has 0 aromatic heterocycles. The van der Waals surface area contributed by atoms with Gasteiger partial charge in [-0.25, -0.2) is 4.79 Å². The van der Waals surface area contributed by atoms with Crippen molar-refractivity contribution < 1.29 is 39.5 Å². The minimum absolute atomic E-state index is 0.0347. The number of amides is 1. The van der Waals surface area contributed by atoms with Gasteiger partial charge in [0.1, 0.15) is 24.0 Å². The fourth-order valence-corrected chi connectivity index (χ4v) is 7.28. The van der Waals surface area contributed by atoms with Crippen LogP contribution in [0.15, 0.2) is 34.0 Å². The summed E-state index contributed by atoms with van der Waals surface area (Å²) in [5.41, 5.74) is 1.12. The predicted molar refractivity (Wildman–Crippen MR) is 176 cm³/mol. The number of aliphatic hydroxyl groups excluding tert-OH is 4. The van der Waals surface area contributed by atoms with Crippen LogP contribution in [0, 0.1) is 11.8 Å². The number of esters is 1. The van der Waals surface area contributed by atoms with Crippen LogP contribution < -0.4 is 10.9 Å². The molecule has 11 nitrogen and oxygen atoms in total. The van der Waals surface area contributed by atoms with Crippen LogP contribution in [0.2, 0.25) is 0 Å². The number of H-pyrrole nitrogens is 1. The molecule has 7 atom stereocenters. The number of aromatic amines is 1. The number of anilines is 1. The second-order valence-electron chi connectivity index (χ2n) is 11.9. The number of unbranched alkanes of at least 4 members (excludes halogenated alkanes) is 6. The standard InChI is InChI=1S/C32H48N2O9S2/c1-19(21(3)35)12-11-13-22-17-43-30(29(40)28(22)39)27(38)20(2)16-25(37)42-15-10-8-6-4-5-7-9-14-24(36)34-26-31-23(18-44-45-31)33-32(26)41/h11-12,16,18-19,21-22,27-30,35,38-40H,4-10,13-15,17H2,1-3H3,(H,33,41)(H,34,36)/b12-11+,20-16+/t19-,21+,22+,27-,28-,29-,30+/m1/s1. The third-order valence-electron chi connectivity index (χ3n) is 8.24. The summed E-state index contributed by atoms with van der Waals surface area (Å²) in [6.07, 6.45) is 6.69. The number of carbonyl (C=O) groups excluding carboxylic acids is 2. The number of ether oxygens (including phenoxy) is 2. The number of hydrogen-bond acceptors (Lipinski definition) is 11. The number of allylic oxidation sites excluding steroid dienone is 1. The number of aliphatic hydroxyl groups is 4. The molecule has 0 unspecified atom stereocenters. The summed E-state index contributed by atoms with van der Waals surface area (Å²) in [7, 11) is 2.98. The highest BCUT2D eigenvalue weighted by Crippen LogP contribution is 2.35. The van der Waals surface area contributed by atoms with E-state index in [9.17, 15) is 34.8 Å². The molecule has 6 N–H and O–H groups in total. The monoisotopic (exact) mass is 668 g/mol. The van der Waals surface area contributed by atoms with Crippen molar-refractivity contribution in [1.82, 2.24) is 4.98 Å². The van der Waals surface area contributed by atoms with Crippen molar-refractivity contribution in [3.63, 3.8) is 0 Å². The number of nitrogens with one attached hydrogen (secondary N) is 2. The molecule has 13 heteroatoms. The first kappa shape index (κ1) is 37.1. The molecule has 1 fully saturated rings. The smallest absolute Gasteiger partial charge is 0.330 e. The van der Waals surface area contributed by atoms with Crippen molar-refractivity contribution in [1.29, 1.82) is 0 Å². The van der Waals surface area contributed by atoms with Crippen molar-refractivity contribution in [3.05, 3.63) is 39.5 Å². The molecule has 1 amide bonds. The van der Waals surface area contributed by atoms with Crippen molar-refractivity contribution in [3.8, 4) is 10.6 Å². The van der Waals surface area contributed by atoms with E-state index < -0.39 is 36.5 Å². The highest BCUT2D eigenvalue weighted by atomic mass is 32.9. The van der Waals surface area contributed by atoms with Crippen LogP contribution in [0.3, 0.4) is 0 Å². The summed E-state index contributed by atoms with van der Waals surface area (Å²) >= 11 is 0. The van der Waals surface area contributed by atoms with E-state index in [-0.39, 0.29) is 42.1 Å². The molecule has 45 heavy (non-hydrogen) atoms. The van der Waals surface area contributed by atoms with Crippen molar-refractivity contribution in [2.75, 3.05) is 18.5 Å². The second-order valence-corrected chi connectivity index (χ2v) is 14.0. The van der Waals surface area contributed by atoms with Crippen molar-refractivity contribution in [2.45, 2.75) is 109 Å². The second kappa shape index (κ2) is 18.7. The lowest BCUT2D eigenvalue weighted by Gasteiger charge is -2.39.